The molecule has 4 atom stereocenters. The second-order valence-corrected chi connectivity index (χ2v) is 16.0. The van der Waals surface area contributed by atoms with E-state index in [0.29, 0.717) is 63.1 Å². The number of halogens is 6. The van der Waals surface area contributed by atoms with Gasteiger partial charge in [0.05, 0.1) is 34.0 Å². The van der Waals surface area contributed by atoms with E-state index in [9.17, 15) is 14.4 Å². The van der Waals surface area contributed by atoms with Gasteiger partial charge in [0.2, 0.25) is 0 Å². The molecular weight excluding hydrogens is 737 g/mol. The summed E-state index contributed by atoms with van der Waals surface area (Å²) < 4.78 is 104. The van der Waals surface area contributed by atoms with Crippen molar-refractivity contribution in [2.24, 2.45) is 0 Å². The molecule has 6 heterocycles. The first-order chi connectivity index (χ1) is 25.9. The van der Waals surface area contributed by atoms with Crippen LogP contribution in [0.5, 0.6) is 6.01 Å². The third-order valence-corrected chi connectivity index (χ3v) is 12.7. The van der Waals surface area contributed by atoms with E-state index in [2.05, 4.69) is 4.98 Å². The molecule has 284 valence electrons. The number of nitrogens with zero attached hydrogens (tertiary/aromatic N) is 6. The number of carbonyl (C=O) groups is 1. The molecule has 2 N–H and O–H groups in total. The van der Waals surface area contributed by atoms with E-state index in [4.69, 9.17) is 20.2 Å². The first-order valence-corrected chi connectivity index (χ1v) is 18.9. The van der Waals surface area contributed by atoms with Crippen molar-refractivity contribution in [1.29, 1.82) is 5.26 Å². The Morgan fingerprint density at radius 3 is 2.65 bits per heavy atom. The van der Waals surface area contributed by atoms with Gasteiger partial charge in [-0.1, -0.05) is 6.07 Å². The fourth-order valence-electron chi connectivity index (χ4n) is 8.90. The smallest absolute Gasteiger partial charge is 0.417 e. The number of benzene rings is 2. The molecule has 1 amide bonds. The van der Waals surface area contributed by atoms with E-state index in [-0.39, 0.29) is 87.5 Å². The molecule has 5 aliphatic rings. The second-order valence-electron chi connectivity index (χ2n) is 15.0. The summed E-state index contributed by atoms with van der Waals surface area (Å²) in [6.07, 6.45) is -2.46. The highest BCUT2D eigenvalue weighted by Gasteiger charge is 2.50. The number of nitrogen functional groups attached to an aromatic ring is 1. The molecule has 1 aliphatic carbocycles. The summed E-state index contributed by atoms with van der Waals surface area (Å²) in [7, 11) is 0. The topological polar surface area (TPSA) is 121 Å². The van der Waals surface area contributed by atoms with Crippen molar-refractivity contribution in [1.82, 2.24) is 19.8 Å². The molecule has 4 aromatic rings. The van der Waals surface area contributed by atoms with E-state index >= 15 is 22.0 Å². The first kappa shape index (κ1) is 35.3. The number of thiophene rings is 1. The summed E-state index contributed by atoms with van der Waals surface area (Å²) in [6.45, 7) is 2.10. The standard InChI is InChI=1S/C37H35F6N7O3S/c38-18-13-36(8-1-9-49(36)15-18)17-53-35-46-30-22(33(47-35)50(19-2-3-19)20-6-10-48(16-20)34(51)26-7-11-52-26)12-24(37(41,42)43)28(29(30)40)21-4-5-25(39)31-27(21)23(14-44)32(45)54-31/h4-5,12,18-20,26H,1-3,6-11,13,15-17,45H2/t18-,20+,26-,36+/m1/s1. The number of carbonyl (C=O) groups excluding carboxylic acids is 1. The van der Waals surface area contributed by atoms with Crippen molar-refractivity contribution in [2.75, 3.05) is 50.0 Å². The van der Waals surface area contributed by atoms with E-state index in [0.717, 1.165) is 24.6 Å². The molecule has 10 nitrogen and oxygen atoms in total. The van der Waals surface area contributed by atoms with Crippen LogP contribution in [0.15, 0.2) is 18.2 Å². The van der Waals surface area contributed by atoms with Gasteiger partial charge in [-0.05, 0) is 56.3 Å². The molecule has 0 bridgehead atoms. The average molecular weight is 772 g/mol. The highest BCUT2D eigenvalue weighted by atomic mass is 32.1. The molecule has 4 saturated heterocycles. The van der Waals surface area contributed by atoms with Crippen molar-refractivity contribution in [3.05, 3.63) is 41.0 Å². The van der Waals surface area contributed by atoms with Crippen molar-refractivity contribution < 1.29 is 40.6 Å². The van der Waals surface area contributed by atoms with Crippen LogP contribution in [0.25, 0.3) is 32.1 Å². The van der Waals surface area contributed by atoms with Gasteiger partial charge in [0.15, 0.2) is 5.82 Å². The van der Waals surface area contributed by atoms with Crippen LogP contribution in [-0.2, 0) is 15.7 Å². The van der Waals surface area contributed by atoms with Crippen molar-refractivity contribution in [3.63, 3.8) is 0 Å². The Kier molecular flexibility index (Phi) is 8.40. The second kappa shape index (κ2) is 12.8. The van der Waals surface area contributed by atoms with Gasteiger partial charge in [-0.25, -0.2) is 13.2 Å². The van der Waals surface area contributed by atoms with Crippen LogP contribution < -0.4 is 15.4 Å². The van der Waals surface area contributed by atoms with Crippen molar-refractivity contribution in [3.8, 4) is 23.2 Å². The Morgan fingerprint density at radius 1 is 1.15 bits per heavy atom. The quantitative estimate of drug-likeness (QED) is 0.198. The average Bonchev–Trinajstić information content (AvgIpc) is 3.38. The van der Waals surface area contributed by atoms with E-state index in [1.54, 1.807) is 4.90 Å². The lowest BCUT2D eigenvalue weighted by atomic mass is 9.92. The fraction of sp³-hybridized carbons (Fsp3) is 0.514. The third kappa shape index (κ3) is 5.71. The van der Waals surface area contributed by atoms with Gasteiger partial charge in [-0.15, -0.1) is 11.3 Å². The van der Waals surface area contributed by atoms with Gasteiger partial charge >= 0.3 is 12.2 Å². The number of hydrogen-bond donors (Lipinski definition) is 1. The van der Waals surface area contributed by atoms with E-state index < -0.39 is 52.3 Å². The van der Waals surface area contributed by atoms with E-state index in [1.807, 2.05) is 15.9 Å². The maximum absolute atomic E-state index is 17.3. The van der Waals surface area contributed by atoms with Gasteiger partial charge in [-0.2, -0.15) is 28.4 Å². The molecular formula is C37H35F6N7O3S. The lowest BCUT2D eigenvalue weighted by molar-refractivity contribution is -0.155. The molecule has 0 spiro atoms. The maximum atomic E-state index is 17.3. The van der Waals surface area contributed by atoms with Crippen LogP contribution in [0, 0.1) is 23.0 Å². The SMILES string of the molecule is N#Cc1c(N)sc2c(F)ccc(-c3c(C(F)(F)F)cc4c(N(C5CC5)[C@H]5CCN(C(=O)[C@H]6CCO6)C5)nc(OC[C@@]56CCCN5C[C@H](F)C6)nc4c3F)c12. The number of rotatable bonds is 8. The Hall–Kier alpha value is -4.40. The number of nitrogens with two attached hydrogens (primary N) is 1. The highest BCUT2D eigenvalue weighted by Crippen LogP contribution is 2.49. The summed E-state index contributed by atoms with van der Waals surface area (Å²) in [5, 5.41) is 9.33. The van der Waals surface area contributed by atoms with Gasteiger partial charge in [-0.3, -0.25) is 9.69 Å². The summed E-state index contributed by atoms with van der Waals surface area (Å²) in [6, 6.07) is 3.78. The monoisotopic (exact) mass is 771 g/mol. The zero-order valence-corrected chi connectivity index (χ0v) is 29.7. The summed E-state index contributed by atoms with van der Waals surface area (Å²) in [4.78, 5) is 27.8. The number of fused-ring (bicyclic) bond motifs is 3. The Balaban J connectivity index is 1.23. The molecule has 2 aromatic carbocycles. The molecule has 5 fully saturated rings. The molecule has 0 radical (unpaired) electrons. The predicted molar refractivity (Wildman–Crippen MR) is 188 cm³/mol. The normalized spacial score (nSPS) is 25.6. The molecule has 0 unspecified atom stereocenters. The zero-order valence-electron chi connectivity index (χ0n) is 28.9. The first-order valence-electron chi connectivity index (χ1n) is 18.1. The fourth-order valence-corrected chi connectivity index (χ4v) is 9.84. The number of ether oxygens (including phenoxy) is 2. The number of hydrogen-bond acceptors (Lipinski definition) is 10. The van der Waals surface area contributed by atoms with Gasteiger partial charge in [0.1, 0.15) is 47.1 Å². The summed E-state index contributed by atoms with van der Waals surface area (Å²) in [5.74, 6) is -2.30. The van der Waals surface area contributed by atoms with E-state index in [1.165, 1.54) is 0 Å². The lowest BCUT2D eigenvalue weighted by Crippen LogP contribution is -2.47. The number of nitriles is 1. The molecule has 4 aliphatic heterocycles. The minimum absolute atomic E-state index is 0.0116. The highest BCUT2D eigenvalue weighted by molar-refractivity contribution is 7.23. The largest absolute Gasteiger partial charge is 0.461 e. The Bertz CT molecular complexity index is 2240. The Morgan fingerprint density at radius 2 is 1.94 bits per heavy atom. The van der Waals surface area contributed by atoms with Crippen LogP contribution in [-0.4, -0.2) is 95.0 Å². The maximum Gasteiger partial charge on any atom is 0.417 e. The number of alkyl halides is 4. The minimum Gasteiger partial charge on any atom is -0.461 e. The number of anilines is 2. The predicted octanol–water partition coefficient (Wildman–Crippen LogP) is 6.58. The molecule has 17 heteroatoms. The Labute approximate surface area is 309 Å². The van der Waals surface area contributed by atoms with Crippen molar-refractivity contribution in [2.45, 2.75) is 81.0 Å². The number of aromatic nitrogens is 2. The van der Waals surface area contributed by atoms with Crippen LogP contribution in [0.2, 0.25) is 0 Å². The molecule has 1 saturated carbocycles. The lowest BCUT2D eigenvalue weighted by Gasteiger charge is -2.33. The van der Waals surface area contributed by atoms with Crippen LogP contribution in [0.3, 0.4) is 0 Å². The van der Waals surface area contributed by atoms with Crippen LogP contribution in [0.4, 0.5) is 37.2 Å². The zero-order chi connectivity index (χ0) is 37.7. The summed E-state index contributed by atoms with van der Waals surface area (Å²) >= 11 is 0.687. The number of likely N-dealkylation sites (tertiary alicyclic amines) is 1. The molecule has 54 heavy (non-hydrogen) atoms. The van der Waals surface area contributed by atoms with Crippen molar-refractivity contribution >= 4 is 49.1 Å². The molecule has 2 aromatic heterocycles. The minimum atomic E-state index is -5.12. The number of amides is 1. The van der Waals surface area contributed by atoms with Gasteiger partial charge < -0.3 is 25.0 Å². The van der Waals surface area contributed by atoms with Gasteiger partial charge in [0, 0.05) is 54.9 Å². The van der Waals surface area contributed by atoms with Crippen LogP contribution >= 0.6 is 11.3 Å². The molecule has 9 rings (SSSR count). The third-order valence-electron chi connectivity index (χ3n) is 11.7. The van der Waals surface area contributed by atoms with Crippen LogP contribution in [0.1, 0.15) is 56.1 Å². The van der Waals surface area contributed by atoms with Gasteiger partial charge in [0.25, 0.3) is 5.91 Å². The summed E-state index contributed by atoms with van der Waals surface area (Å²) in [5.41, 5.74) is 1.99.